The highest BCUT2D eigenvalue weighted by Crippen LogP contribution is 2.32. The second kappa shape index (κ2) is 6.00. The van der Waals surface area contributed by atoms with Gasteiger partial charge in [-0.25, -0.2) is 0 Å². The number of rotatable bonds is 3. The van der Waals surface area contributed by atoms with Crippen molar-refractivity contribution in [1.29, 1.82) is 0 Å². The Kier molecular flexibility index (Phi) is 4.08. The van der Waals surface area contributed by atoms with Gasteiger partial charge in [-0.05, 0) is 48.2 Å². The van der Waals surface area contributed by atoms with Gasteiger partial charge in [0, 0.05) is 15.6 Å². The Hall–Kier alpha value is -1.65. The third-order valence-corrected chi connectivity index (χ3v) is 4.59. The number of halogens is 1. The van der Waals surface area contributed by atoms with Gasteiger partial charge in [0.1, 0.15) is 0 Å². The van der Waals surface area contributed by atoms with E-state index >= 15 is 0 Å². The van der Waals surface area contributed by atoms with Gasteiger partial charge in [-0.15, -0.1) is 11.8 Å². The molecule has 0 bridgehead atoms. The fourth-order valence-electron chi connectivity index (χ4n) is 2.49. The first kappa shape index (κ1) is 14.3. The molecule has 1 atom stereocenters. The van der Waals surface area contributed by atoms with Crippen LogP contribution in [0.4, 0.5) is 5.69 Å². The van der Waals surface area contributed by atoms with Crippen LogP contribution in [0.15, 0.2) is 58.4 Å². The van der Waals surface area contributed by atoms with Crippen molar-refractivity contribution in [2.24, 2.45) is 10.7 Å². The maximum Gasteiger partial charge on any atom is 0.196 e. The summed E-state index contributed by atoms with van der Waals surface area (Å²) in [6.07, 6.45) is 2.08. The maximum absolute atomic E-state index is 6.07. The Labute approximate surface area is 133 Å². The molecule has 0 aliphatic carbocycles. The van der Waals surface area contributed by atoms with Gasteiger partial charge in [0.25, 0.3) is 0 Å². The van der Waals surface area contributed by atoms with Gasteiger partial charge in [-0.3, -0.25) is 4.99 Å². The molecule has 21 heavy (non-hydrogen) atoms. The summed E-state index contributed by atoms with van der Waals surface area (Å²) >= 11 is 7.70. The van der Waals surface area contributed by atoms with Crippen LogP contribution in [0.25, 0.3) is 0 Å². The first-order valence-corrected chi connectivity index (χ1v) is 8.28. The fraction of sp³-hybridized carbons (Fsp3) is 0.188. The molecule has 2 aromatic carbocycles. The molecule has 0 saturated carbocycles. The Morgan fingerprint density at radius 3 is 2.43 bits per heavy atom. The topological polar surface area (TPSA) is 41.6 Å². The summed E-state index contributed by atoms with van der Waals surface area (Å²) in [4.78, 5) is 7.71. The van der Waals surface area contributed by atoms with Gasteiger partial charge >= 0.3 is 0 Å². The van der Waals surface area contributed by atoms with Crippen molar-refractivity contribution in [3.05, 3.63) is 59.1 Å². The SMILES string of the molecule is CSc1ccc(C2CN=C(N)N2c2ccc(Cl)cc2)cc1. The predicted molar refractivity (Wildman–Crippen MR) is 91.4 cm³/mol. The van der Waals surface area contributed by atoms with Crippen LogP contribution in [0, 0.1) is 0 Å². The van der Waals surface area contributed by atoms with Gasteiger partial charge in [0.15, 0.2) is 5.96 Å². The standard InChI is InChI=1S/C16H16ClN3S/c1-21-14-8-2-11(3-9-14)15-10-19-16(18)20(15)13-6-4-12(17)5-7-13/h2-9,15H,10H2,1H3,(H2,18,19). The Morgan fingerprint density at radius 1 is 1.14 bits per heavy atom. The highest BCUT2D eigenvalue weighted by Gasteiger charge is 2.28. The van der Waals surface area contributed by atoms with E-state index in [-0.39, 0.29) is 6.04 Å². The number of hydrogen-bond acceptors (Lipinski definition) is 4. The summed E-state index contributed by atoms with van der Waals surface area (Å²) in [7, 11) is 0. The van der Waals surface area contributed by atoms with E-state index in [9.17, 15) is 0 Å². The molecular formula is C16H16ClN3S. The lowest BCUT2D eigenvalue weighted by Gasteiger charge is -2.26. The smallest absolute Gasteiger partial charge is 0.196 e. The van der Waals surface area contributed by atoms with Crippen molar-refractivity contribution in [1.82, 2.24) is 0 Å². The molecule has 0 fully saturated rings. The molecule has 0 aromatic heterocycles. The largest absolute Gasteiger partial charge is 0.369 e. The molecule has 5 heteroatoms. The molecule has 0 radical (unpaired) electrons. The van der Waals surface area contributed by atoms with Crippen molar-refractivity contribution >= 4 is 35.0 Å². The summed E-state index contributed by atoms with van der Waals surface area (Å²) in [5.41, 5.74) is 8.30. The molecule has 0 saturated heterocycles. The Morgan fingerprint density at radius 2 is 1.81 bits per heavy atom. The van der Waals surface area contributed by atoms with Crippen LogP contribution in [-0.2, 0) is 0 Å². The third kappa shape index (κ3) is 2.87. The van der Waals surface area contributed by atoms with E-state index in [1.54, 1.807) is 11.8 Å². The van der Waals surface area contributed by atoms with Crippen LogP contribution >= 0.6 is 23.4 Å². The van der Waals surface area contributed by atoms with Gasteiger partial charge in [0.05, 0.1) is 12.6 Å². The van der Waals surface area contributed by atoms with Crippen molar-refractivity contribution in [3.8, 4) is 0 Å². The van der Waals surface area contributed by atoms with E-state index in [1.807, 2.05) is 24.3 Å². The average molecular weight is 318 g/mol. The van der Waals surface area contributed by atoms with E-state index in [0.29, 0.717) is 17.5 Å². The monoisotopic (exact) mass is 317 g/mol. The third-order valence-electron chi connectivity index (χ3n) is 3.59. The van der Waals surface area contributed by atoms with E-state index in [4.69, 9.17) is 17.3 Å². The van der Waals surface area contributed by atoms with Crippen molar-refractivity contribution < 1.29 is 0 Å². The summed E-state index contributed by atoms with van der Waals surface area (Å²) in [6, 6.07) is 16.4. The van der Waals surface area contributed by atoms with Crippen LogP contribution in [-0.4, -0.2) is 18.8 Å². The Balaban J connectivity index is 1.92. The minimum Gasteiger partial charge on any atom is -0.369 e. The summed E-state index contributed by atoms with van der Waals surface area (Å²) in [6.45, 7) is 0.674. The zero-order valence-electron chi connectivity index (χ0n) is 11.7. The Bertz CT molecular complexity index is 652. The number of nitrogens with two attached hydrogens (primary N) is 1. The van der Waals surface area contributed by atoms with Crippen molar-refractivity contribution in [2.45, 2.75) is 10.9 Å². The zero-order valence-corrected chi connectivity index (χ0v) is 13.2. The van der Waals surface area contributed by atoms with Gasteiger partial charge in [-0.1, -0.05) is 23.7 Å². The lowest BCUT2D eigenvalue weighted by molar-refractivity contribution is 0.768. The maximum atomic E-state index is 6.07. The number of nitrogens with zero attached hydrogens (tertiary/aromatic N) is 2. The van der Waals surface area contributed by atoms with E-state index < -0.39 is 0 Å². The number of thioether (sulfide) groups is 1. The summed E-state index contributed by atoms with van der Waals surface area (Å²) in [5.74, 6) is 0.552. The molecule has 3 rings (SSSR count). The second-order valence-corrected chi connectivity index (χ2v) is 6.15. The number of hydrogen-bond donors (Lipinski definition) is 1. The summed E-state index contributed by atoms with van der Waals surface area (Å²) < 4.78 is 0. The fourth-order valence-corrected chi connectivity index (χ4v) is 3.03. The minimum atomic E-state index is 0.141. The number of aliphatic imine (C=N–C) groups is 1. The minimum absolute atomic E-state index is 0.141. The van der Waals surface area contributed by atoms with E-state index in [0.717, 1.165) is 5.69 Å². The molecule has 108 valence electrons. The number of benzene rings is 2. The van der Waals surface area contributed by atoms with Gasteiger partial charge in [0.2, 0.25) is 0 Å². The molecule has 3 nitrogen and oxygen atoms in total. The lowest BCUT2D eigenvalue weighted by Crippen LogP contribution is -2.36. The number of guanidine groups is 1. The van der Waals surface area contributed by atoms with Crippen LogP contribution < -0.4 is 10.6 Å². The zero-order chi connectivity index (χ0) is 14.8. The van der Waals surface area contributed by atoms with E-state index in [2.05, 4.69) is 40.4 Å². The molecule has 2 N–H and O–H groups in total. The van der Waals surface area contributed by atoms with Gasteiger partial charge < -0.3 is 10.6 Å². The van der Waals surface area contributed by atoms with Crippen molar-refractivity contribution in [3.63, 3.8) is 0 Å². The molecule has 1 unspecified atom stereocenters. The summed E-state index contributed by atoms with van der Waals surface area (Å²) in [5, 5.41) is 0.717. The lowest BCUT2D eigenvalue weighted by atomic mass is 10.1. The van der Waals surface area contributed by atoms with Crippen LogP contribution in [0.3, 0.4) is 0 Å². The second-order valence-electron chi connectivity index (χ2n) is 4.83. The van der Waals surface area contributed by atoms with Crippen molar-refractivity contribution in [2.75, 3.05) is 17.7 Å². The highest BCUT2D eigenvalue weighted by molar-refractivity contribution is 7.98. The van der Waals surface area contributed by atoms with Crippen LogP contribution in [0.1, 0.15) is 11.6 Å². The molecule has 0 amide bonds. The van der Waals surface area contributed by atoms with Crippen LogP contribution in [0.2, 0.25) is 5.02 Å². The molecule has 1 aliphatic rings. The molecule has 1 aliphatic heterocycles. The molecule has 2 aromatic rings. The normalized spacial score (nSPS) is 17.9. The first-order valence-electron chi connectivity index (χ1n) is 6.67. The molecule has 1 heterocycles. The quantitative estimate of drug-likeness (QED) is 0.872. The average Bonchev–Trinajstić information content (AvgIpc) is 2.90. The van der Waals surface area contributed by atoms with E-state index in [1.165, 1.54) is 10.5 Å². The highest BCUT2D eigenvalue weighted by atomic mass is 35.5. The molecular weight excluding hydrogens is 302 g/mol. The molecule has 0 spiro atoms. The van der Waals surface area contributed by atoms with Gasteiger partial charge in [-0.2, -0.15) is 0 Å². The predicted octanol–water partition coefficient (Wildman–Crippen LogP) is 3.94. The number of anilines is 1. The first-order chi connectivity index (χ1) is 10.2. The van der Waals surface area contributed by atoms with Crippen LogP contribution in [0.5, 0.6) is 0 Å².